The molecule has 0 radical (unpaired) electrons. The Morgan fingerprint density at radius 3 is 2.81 bits per heavy atom. The molecule has 0 saturated carbocycles. The summed E-state index contributed by atoms with van der Waals surface area (Å²) < 4.78 is 10.7. The number of aromatic nitrogens is 2. The first-order valence-electron chi connectivity index (χ1n) is 9.97. The molecule has 0 bridgehead atoms. The van der Waals surface area contributed by atoms with Gasteiger partial charge in [0, 0.05) is 29.0 Å². The first-order chi connectivity index (χ1) is 15.5. The molecule has 3 heterocycles. The van der Waals surface area contributed by atoms with Crippen LogP contribution in [-0.4, -0.2) is 33.2 Å². The molecule has 1 unspecified atom stereocenters. The summed E-state index contributed by atoms with van der Waals surface area (Å²) >= 11 is 1.31. The van der Waals surface area contributed by atoms with E-state index in [1.54, 1.807) is 6.08 Å². The van der Waals surface area contributed by atoms with E-state index >= 15 is 0 Å². The Balaban J connectivity index is 1.77. The van der Waals surface area contributed by atoms with Crippen molar-refractivity contribution in [1.29, 1.82) is 0 Å². The van der Waals surface area contributed by atoms with E-state index in [1.165, 1.54) is 23.9 Å². The Morgan fingerprint density at radius 1 is 1.28 bits per heavy atom. The number of H-pyrrole nitrogens is 1. The Hall–Kier alpha value is -3.60. The second-order valence-electron chi connectivity index (χ2n) is 7.48. The van der Waals surface area contributed by atoms with Gasteiger partial charge < -0.3 is 19.8 Å². The number of nitro groups is 1. The quantitative estimate of drug-likeness (QED) is 0.229. The summed E-state index contributed by atoms with van der Waals surface area (Å²) in [5.74, 6) is 0.335. The number of allylic oxidation sites excluding steroid dienone is 2. The van der Waals surface area contributed by atoms with Gasteiger partial charge in [0.2, 0.25) is 6.79 Å². The van der Waals surface area contributed by atoms with Crippen LogP contribution >= 0.6 is 11.8 Å². The fraction of sp³-hybridized carbons (Fsp3) is 0.286. The molecule has 1 atom stereocenters. The lowest BCUT2D eigenvalue weighted by Crippen LogP contribution is -2.33. The second kappa shape index (κ2) is 7.83. The van der Waals surface area contributed by atoms with Crippen LogP contribution in [-0.2, 0) is 4.79 Å². The molecule has 0 spiro atoms. The summed E-state index contributed by atoms with van der Waals surface area (Å²) in [5, 5.41) is 15.5. The second-order valence-corrected chi connectivity index (χ2v) is 8.49. The summed E-state index contributed by atoms with van der Waals surface area (Å²) in [4.78, 5) is 44.9. The molecule has 2 N–H and O–H groups in total. The number of Topliss-reactive ketones (excluding diaryl/α,β-unsaturated/α-hetero) is 1. The number of hydrogen-bond donors (Lipinski definition) is 2. The molecule has 1 aliphatic carbocycles. The molecule has 1 aromatic carbocycles. The number of aromatic amines is 1. The van der Waals surface area contributed by atoms with Gasteiger partial charge in [-0.2, -0.15) is 0 Å². The van der Waals surface area contributed by atoms with Crippen molar-refractivity contribution in [3.05, 3.63) is 67.7 Å². The van der Waals surface area contributed by atoms with Crippen molar-refractivity contribution in [2.24, 2.45) is 0 Å². The van der Waals surface area contributed by atoms with E-state index in [9.17, 15) is 19.7 Å². The SMILES string of the molecule is C=CCSc1nc2c(c(=O)[nH]1)C(c1cc3c(cc1[N+](=O)[O-])OCO3)C1=C(CCCC1=O)N2. The van der Waals surface area contributed by atoms with E-state index in [1.807, 2.05) is 0 Å². The Bertz CT molecular complexity index is 1270. The predicted molar refractivity (Wildman–Crippen MR) is 116 cm³/mol. The van der Waals surface area contributed by atoms with Crippen molar-refractivity contribution in [2.45, 2.75) is 30.3 Å². The smallest absolute Gasteiger partial charge is 0.277 e. The van der Waals surface area contributed by atoms with Crippen LogP contribution in [0.15, 0.2) is 46.0 Å². The molecule has 3 aliphatic rings. The number of rotatable bonds is 5. The number of thioether (sulfide) groups is 1. The molecule has 0 fully saturated rings. The Morgan fingerprint density at radius 2 is 2.06 bits per heavy atom. The number of carbonyl (C=O) groups excluding carboxylic acids is 1. The van der Waals surface area contributed by atoms with Crippen molar-refractivity contribution < 1.29 is 19.2 Å². The Labute approximate surface area is 185 Å². The third-order valence-corrected chi connectivity index (χ3v) is 6.47. The number of fused-ring (bicyclic) bond motifs is 2. The van der Waals surface area contributed by atoms with Gasteiger partial charge in [-0.25, -0.2) is 4.98 Å². The van der Waals surface area contributed by atoms with Crippen molar-refractivity contribution in [2.75, 3.05) is 17.9 Å². The number of ketones is 1. The van der Waals surface area contributed by atoms with Crippen molar-refractivity contribution in [1.82, 2.24) is 9.97 Å². The molecule has 164 valence electrons. The molecule has 5 rings (SSSR count). The normalized spacial score (nSPS) is 18.6. The highest BCUT2D eigenvalue weighted by Gasteiger charge is 2.41. The molecular formula is C21H18N4O6S. The fourth-order valence-corrected chi connectivity index (χ4v) is 4.89. The minimum atomic E-state index is -0.946. The average Bonchev–Trinajstić information content (AvgIpc) is 3.23. The van der Waals surface area contributed by atoms with Crippen LogP contribution in [0, 0.1) is 10.1 Å². The lowest BCUT2D eigenvalue weighted by atomic mass is 9.76. The topological polar surface area (TPSA) is 136 Å². The van der Waals surface area contributed by atoms with Crippen LogP contribution in [0.4, 0.5) is 11.5 Å². The number of nitrogens with one attached hydrogen (secondary N) is 2. The summed E-state index contributed by atoms with van der Waals surface area (Å²) in [6, 6.07) is 2.77. The largest absolute Gasteiger partial charge is 0.454 e. The summed E-state index contributed by atoms with van der Waals surface area (Å²) in [7, 11) is 0. The number of anilines is 1. The highest BCUT2D eigenvalue weighted by molar-refractivity contribution is 7.99. The van der Waals surface area contributed by atoms with E-state index in [-0.39, 0.29) is 35.1 Å². The minimum absolute atomic E-state index is 0.0579. The fourth-order valence-electron chi connectivity index (χ4n) is 4.29. The van der Waals surface area contributed by atoms with Gasteiger partial charge >= 0.3 is 0 Å². The van der Waals surface area contributed by atoms with Gasteiger partial charge in [-0.3, -0.25) is 19.7 Å². The first-order valence-corrected chi connectivity index (χ1v) is 11.0. The summed E-state index contributed by atoms with van der Waals surface area (Å²) in [6.07, 6.45) is 3.23. The molecule has 10 nitrogen and oxygen atoms in total. The lowest BCUT2D eigenvalue weighted by Gasteiger charge is -2.32. The summed E-state index contributed by atoms with van der Waals surface area (Å²) in [5.41, 5.74) is 0.665. The van der Waals surface area contributed by atoms with Crippen molar-refractivity contribution in [3.63, 3.8) is 0 Å². The standard InChI is InChI=1S/C21H18N4O6S/c1-2-6-32-21-23-19-18(20(27)24-21)16(17-11(22-19)4-3-5-13(17)26)10-7-14-15(31-9-30-14)8-12(10)25(28)29/h2,7-8,16H,1,3-6,9H2,(H2,22,23,24,27). The van der Waals surface area contributed by atoms with Crippen molar-refractivity contribution >= 4 is 29.1 Å². The molecule has 2 aliphatic heterocycles. The van der Waals surface area contributed by atoms with Crippen LogP contribution in [0.2, 0.25) is 0 Å². The van der Waals surface area contributed by atoms with Crippen LogP contribution in [0.25, 0.3) is 0 Å². The maximum absolute atomic E-state index is 13.2. The zero-order chi connectivity index (χ0) is 22.4. The molecule has 0 amide bonds. The number of nitrogens with zero attached hydrogens (tertiary/aromatic N) is 2. The Kier molecular flexibility index (Phi) is 4.97. The minimum Gasteiger partial charge on any atom is -0.454 e. The zero-order valence-corrected chi connectivity index (χ0v) is 17.6. The van der Waals surface area contributed by atoms with Crippen LogP contribution < -0.4 is 20.3 Å². The number of benzene rings is 1. The predicted octanol–water partition coefficient (Wildman–Crippen LogP) is 3.25. The summed E-state index contributed by atoms with van der Waals surface area (Å²) in [6.45, 7) is 3.61. The monoisotopic (exact) mass is 454 g/mol. The average molecular weight is 454 g/mol. The van der Waals surface area contributed by atoms with E-state index in [4.69, 9.17) is 9.47 Å². The first kappa shape index (κ1) is 20.3. The molecule has 1 aromatic heterocycles. The van der Waals surface area contributed by atoms with E-state index in [0.717, 1.165) is 0 Å². The van der Waals surface area contributed by atoms with Crippen molar-refractivity contribution in [3.8, 4) is 11.5 Å². The van der Waals surface area contributed by atoms with Gasteiger partial charge in [0.05, 0.1) is 22.5 Å². The number of ether oxygens (including phenoxy) is 2. The van der Waals surface area contributed by atoms with Crippen LogP contribution in [0.1, 0.15) is 36.3 Å². The zero-order valence-electron chi connectivity index (χ0n) is 16.8. The third-order valence-electron chi connectivity index (χ3n) is 5.60. The van der Waals surface area contributed by atoms with Crippen LogP contribution in [0.3, 0.4) is 0 Å². The lowest BCUT2D eigenvalue weighted by molar-refractivity contribution is -0.385. The van der Waals surface area contributed by atoms with E-state index in [2.05, 4.69) is 21.9 Å². The molecule has 0 saturated heterocycles. The molecular weight excluding hydrogens is 436 g/mol. The van der Waals surface area contributed by atoms with Gasteiger partial charge in [-0.1, -0.05) is 17.8 Å². The van der Waals surface area contributed by atoms with Gasteiger partial charge in [-0.15, -0.1) is 6.58 Å². The van der Waals surface area contributed by atoms with E-state index < -0.39 is 16.4 Å². The molecule has 11 heteroatoms. The molecule has 2 aromatic rings. The number of carbonyl (C=O) groups is 1. The van der Waals surface area contributed by atoms with Gasteiger partial charge in [0.25, 0.3) is 11.2 Å². The number of nitro benzene ring substituents is 1. The molecule has 32 heavy (non-hydrogen) atoms. The van der Waals surface area contributed by atoms with Gasteiger partial charge in [0.15, 0.2) is 22.4 Å². The maximum Gasteiger partial charge on any atom is 0.277 e. The highest BCUT2D eigenvalue weighted by atomic mass is 32.2. The van der Waals surface area contributed by atoms with Gasteiger partial charge in [-0.05, 0) is 18.9 Å². The third kappa shape index (κ3) is 3.25. The highest BCUT2D eigenvalue weighted by Crippen LogP contribution is 2.49. The van der Waals surface area contributed by atoms with E-state index in [0.29, 0.717) is 53.0 Å². The number of hydrogen-bond acceptors (Lipinski definition) is 9. The van der Waals surface area contributed by atoms with Gasteiger partial charge in [0.1, 0.15) is 5.82 Å². The van der Waals surface area contributed by atoms with Crippen LogP contribution in [0.5, 0.6) is 11.5 Å². The maximum atomic E-state index is 13.2.